The third kappa shape index (κ3) is 3.08. The number of hydrogen-bond donors (Lipinski definition) is 1. The van der Waals surface area contributed by atoms with Crippen molar-refractivity contribution in [1.29, 1.82) is 0 Å². The summed E-state index contributed by atoms with van der Waals surface area (Å²) in [4.78, 5) is 29.9. The average Bonchev–Trinajstić information content (AvgIpc) is 3.01. The third-order valence-electron chi connectivity index (χ3n) is 4.31. The molecule has 5 heteroatoms. The van der Waals surface area contributed by atoms with Gasteiger partial charge in [-0.15, -0.1) is 0 Å². The molecule has 0 saturated carbocycles. The number of aryl methyl sites for hydroxylation is 1. The minimum absolute atomic E-state index is 0.165. The molecule has 1 aliphatic rings. The quantitative estimate of drug-likeness (QED) is 0.944. The van der Waals surface area contributed by atoms with Crippen molar-refractivity contribution in [3.05, 3.63) is 65.5 Å². The Morgan fingerprint density at radius 2 is 1.87 bits per heavy atom. The highest BCUT2D eigenvalue weighted by atomic mass is 16.4. The summed E-state index contributed by atoms with van der Waals surface area (Å²) in [5.41, 5.74) is 2.29. The highest BCUT2D eigenvalue weighted by Crippen LogP contribution is 2.33. The van der Waals surface area contributed by atoms with Gasteiger partial charge in [-0.05, 0) is 24.6 Å². The van der Waals surface area contributed by atoms with Gasteiger partial charge in [0.1, 0.15) is 0 Å². The molecule has 0 spiro atoms. The molecule has 1 saturated heterocycles. The number of rotatable bonds is 3. The monoisotopic (exact) mass is 310 g/mol. The van der Waals surface area contributed by atoms with Gasteiger partial charge >= 0.3 is 5.97 Å². The van der Waals surface area contributed by atoms with Crippen LogP contribution in [0.5, 0.6) is 0 Å². The molecule has 3 rings (SSSR count). The van der Waals surface area contributed by atoms with E-state index in [0.29, 0.717) is 12.1 Å². The zero-order valence-electron chi connectivity index (χ0n) is 12.8. The van der Waals surface area contributed by atoms with Gasteiger partial charge in [0.25, 0.3) is 5.91 Å². The van der Waals surface area contributed by atoms with Crippen LogP contribution in [0, 0.1) is 12.8 Å². The summed E-state index contributed by atoms with van der Waals surface area (Å²) in [5, 5.41) is 9.50. The maximum absolute atomic E-state index is 12.6. The van der Waals surface area contributed by atoms with Crippen LogP contribution in [0.4, 0.5) is 0 Å². The molecule has 23 heavy (non-hydrogen) atoms. The molecule has 1 aliphatic heterocycles. The van der Waals surface area contributed by atoms with Crippen molar-refractivity contribution in [1.82, 2.24) is 9.88 Å². The van der Waals surface area contributed by atoms with Gasteiger partial charge in [0.2, 0.25) is 0 Å². The van der Waals surface area contributed by atoms with Crippen molar-refractivity contribution in [2.24, 2.45) is 5.92 Å². The lowest BCUT2D eigenvalue weighted by Crippen LogP contribution is -2.30. The summed E-state index contributed by atoms with van der Waals surface area (Å²) in [6, 6.07) is 13.0. The molecule has 1 aromatic carbocycles. The summed E-state index contributed by atoms with van der Waals surface area (Å²) in [7, 11) is 0. The predicted octanol–water partition coefficient (Wildman–Crippen LogP) is 2.33. The first-order chi connectivity index (χ1) is 11.1. The van der Waals surface area contributed by atoms with E-state index in [1.165, 1.54) is 0 Å². The molecule has 1 fully saturated rings. The van der Waals surface area contributed by atoms with Gasteiger partial charge in [-0.1, -0.05) is 30.3 Å². The van der Waals surface area contributed by atoms with Gasteiger partial charge in [0.15, 0.2) is 0 Å². The number of likely N-dealkylation sites (tertiary alicyclic amines) is 1. The Balaban J connectivity index is 1.84. The summed E-state index contributed by atoms with van der Waals surface area (Å²) < 4.78 is 0. The third-order valence-corrected chi connectivity index (χ3v) is 4.31. The fourth-order valence-electron chi connectivity index (χ4n) is 3.03. The summed E-state index contributed by atoms with van der Waals surface area (Å²) in [5.74, 6) is -1.80. The van der Waals surface area contributed by atoms with Crippen LogP contribution in [-0.2, 0) is 4.79 Å². The Morgan fingerprint density at radius 3 is 2.48 bits per heavy atom. The van der Waals surface area contributed by atoms with Crippen LogP contribution in [0.15, 0.2) is 48.7 Å². The lowest BCUT2D eigenvalue weighted by molar-refractivity contribution is -0.141. The standard InChI is InChI=1S/C18H18N2O3/c1-12-7-8-14(9-19-12)17(21)20-10-15(16(11-20)18(22)23)13-5-3-2-4-6-13/h2-9,15-16H,10-11H2,1H3,(H,22,23)/t15-,16+/m1/s1. The number of aromatic nitrogens is 1. The normalized spacial score (nSPS) is 20.5. The summed E-state index contributed by atoms with van der Waals surface area (Å²) >= 11 is 0. The van der Waals surface area contributed by atoms with E-state index in [0.717, 1.165) is 11.3 Å². The van der Waals surface area contributed by atoms with Crippen LogP contribution in [0.2, 0.25) is 0 Å². The number of carbonyl (C=O) groups excluding carboxylic acids is 1. The zero-order valence-corrected chi connectivity index (χ0v) is 12.8. The van der Waals surface area contributed by atoms with Crippen LogP contribution in [0.25, 0.3) is 0 Å². The number of aliphatic carboxylic acids is 1. The van der Waals surface area contributed by atoms with E-state index in [2.05, 4.69) is 4.98 Å². The van der Waals surface area contributed by atoms with Gasteiger partial charge in [0.05, 0.1) is 11.5 Å². The van der Waals surface area contributed by atoms with Crippen molar-refractivity contribution in [3.63, 3.8) is 0 Å². The molecule has 0 unspecified atom stereocenters. The Labute approximate surface area is 134 Å². The van der Waals surface area contributed by atoms with Crippen LogP contribution in [0.3, 0.4) is 0 Å². The second-order valence-corrected chi connectivity index (χ2v) is 5.86. The molecule has 118 valence electrons. The molecular formula is C18H18N2O3. The Bertz CT molecular complexity index is 713. The molecule has 2 atom stereocenters. The van der Waals surface area contributed by atoms with Gasteiger partial charge in [-0.3, -0.25) is 14.6 Å². The molecule has 1 aromatic heterocycles. The Morgan fingerprint density at radius 1 is 1.13 bits per heavy atom. The molecule has 5 nitrogen and oxygen atoms in total. The molecular weight excluding hydrogens is 292 g/mol. The molecule has 0 aliphatic carbocycles. The number of benzene rings is 1. The smallest absolute Gasteiger partial charge is 0.308 e. The van der Waals surface area contributed by atoms with Crippen molar-refractivity contribution in [3.8, 4) is 0 Å². The van der Waals surface area contributed by atoms with Gasteiger partial charge in [-0.25, -0.2) is 0 Å². The van der Waals surface area contributed by atoms with Crippen LogP contribution >= 0.6 is 0 Å². The Kier molecular flexibility index (Phi) is 4.10. The first-order valence-corrected chi connectivity index (χ1v) is 7.56. The molecule has 1 N–H and O–H groups in total. The second-order valence-electron chi connectivity index (χ2n) is 5.86. The first-order valence-electron chi connectivity index (χ1n) is 7.56. The number of carboxylic acids is 1. The molecule has 0 bridgehead atoms. The van der Waals surface area contributed by atoms with Crippen molar-refractivity contribution in [2.75, 3.05) is 13.1 Å². The zero-order chi connectivity index (χ0) is 16.4. The number of carbonyl (C=O) groups is 2. The topological polar surface area (TPSA) is 70.5 Å². The van der Waals surface area contributed by atoms with Crippen LogP contribution < -0.4 is 0 Å². The van der Waals surface area contributed by atoms with Gasteiger partial charge in [0, 0.05) is 30.9 Å². The largest absolute Gasteiger partial charge is 0.481 e. The lowest BCUT2D eigenvalue weighted by atomic mass is 9.89. The first kappa shape index (κ1) is 15.2. The molecule has 2 heterocycles. The number of pyridine rings is 1. The number of amides is 1. The van der Waals surface area contributed by atoms with Crippen molar-refractivity contribution < 1.29 is 14.7 Å². The van der Waals surface area contributed by atoms with E-state index < -0.39 is 11.9 Å². The SMILES string of the molecule is Cc1ccc(C(=O)N2C[C@H](C(=O)O)[C@@H](c3ccccc3)C2)cn1. The fraction of sp³-hybridized carbons (Fsp3) is 0.278. The molecule has 1 amide bonds. The lowest BCUT2D eigenvalue weighted by Gasteiger charge is -2.16. The van der Waals surface area contributed by atoms with Gasteiger partial charge in [-0.2, -0.15) is 0 Å². The van der Waals surface area contributed by atoms with Crippen LogP contribution in [-0.4, -0.2) is 40.0 Å². The highest BCUT2D eigenvalue weighted by molar-refractivity contribution is 5.94. The van der Waals surface area contributed by atoms with E-state index >= 15 is 0 Å². The number of hydrogen-bond acceptors (Lipinski definition) is 3. The van der Waals surface area contributed by atoms with E-state index in [1.54, 1.807) is 23.2 Å². The number of nitrogens with zero attached hydrogens (tertiary/aromatic N) is 2. The van der Waals surface area contributed by atoms with Crippen molar-refractivity contribution >= 4 is 11.9 Å². The highest BCUT2D eigenvalue weighted by Gasteiger charge is 2.40. The average molecular weight is 310 g/mol. The predicted molar refractivity (Wildman–Crippen MR) is 85.2 cm³/mol. The maximum Gasteiger partial charge on any atom is 0.308 e. The number of carboxylic acid groups (broad SMARTS) is 1. The summed E-state index contributed by atoms with van der Waals surface area (Å²) in [6.45, 7) is 2.49. The van der Waals surface area contributed by atoms with Crippen LogP contribution in [0.1, 0.15) is 27.5 Å². The molecule has 0 radical (unpaired) electrons. The van der Waals surface area contributed by atoms with E-state index in [-0.39, 0.29) is 18.4 Å². The minimum Gasteiger partial charge on any atom is -0.481 e. The van der Waals surface area contributed by atoms with E-state index in [4.69, 9.17) is 0 Å². The second kappa shape index (κ2) is 6.20. The minimum atomic E-state index is -0.865. The van der Waals surface area contributed by atoms with Gasteiger partial charge < -0.3 is 10.0 Å². The van der Waals surface area contributed by atoms with Crippen molar-refractivity contribution in [2.45, 2.75) is 12.8 Å². The van der Waals surface area contributed by atoms with E-state index in [9.17, 15) is 14.7 Å². The summed E-state index contributed by atoms with van der Waals surface area (Å²) in [6.07, 6.45) is 1.54. The molecule has 2 aromatic rings. The maximum atomic E-state index is 12.6. The fourth-order valence-corrected chi connectivity index (χ4v) is 3.03. The van der Waals surface area contributed by atoms with E-state index in [1.807, 2.05) is 37.3 Å². The Hall–Kier alpha value is -2.69.